The first-order chi connectivity index (χ1) is 12.1. The summed E-state index contributed by atoms with van der Waals surface area (Å²) in [7, 11) is -3.54. The second-order valence-electron chi connectivity index (χ2n) is 6.28. The quantitative estimate of drug-likeness (QED) is 0.701. The van der Waals surface area contributed by atoms with E-state index in [1.807, 2.05) is 12.1 Å². The van der Waals surface area contributed by atoms with E-state index in [0.29, 0.717) is 5.69 Å². The van der Waals surface area contributed by atoms with Gasteiger partial charge in [-0.1, -0.05) is 29.8 Å². The fourth-order valence-electron chi connectivity index (χ4n) is 2.97. The van der Waals surface area contributed by atoms with E-state index >= 15 is 0 Å². The molecule has 3 rings (SSSR count). The average molecular weight is 356 g/mol. The lowest BCUT2D eigenvalue weighted by Gasteiger charge is -2.14. The van der Waals surface area contributed by atoms with Crippen molar-refractivity contribution in [3.05, 3.63) is 66.2 Å². The molecule has 0 saturated heterocycles. The maximum absolute atomic E-state index is 12.3. The zero-order valence-corrected chi connectivity index (χ0v) is 15.1. The molecular weight excluding hydrogens is 332 g/mol. The van der Waals surface area contributed by atoms with E-state index in [-0.39, 0.29) is 4.90 Å². The second-order valence-corrected chi connectivity index (χ2v) is 7.96. The normalized spacial score (nSPS) is 14.6. The third kappa shape index (κ3) is 5.10. The number of anilines is 2. The van der Waals surface area contributed by atoms with Gasteiger partial charge in [0.15, 0.2) is 0 Å². The van der Waals surface area contributed by atoms with Crippen LogP contribution in [0.4, 0.5) is 11.4 Å². The van der Waals surface area contributed by atoms with Crippen molar-refractivity contribution < 1.29 is 8.42 Å². The van der Waals surface area contributed by atoms with Crippen LogP contribution in [0.2, 0.25) is 0 Å². The number of hydrogen-bond donors (Lipinski definition) is 2. The lowest BCUT2D eigenvalue weighted by atomic mass is 9.97. The van der Waals surface area contributed by atoms with Crippen LogP contribution in [0.25, 0.3) is 0 Å². The highest BCUT2D eigenvalue weighted by molar-refractivity contribution is 7.92. The van der Waals surface area contributed by atoms with Crippen molar-refractivity contribution in [3.8, 4) is 0 Å². The van der Waals surface area contributed by atoms with Crippen LogP contribution >= 0.6 is 0 Å². The van der Waals surface area contributed by atoms with Gasteiger partial charge < -0.3 is 5.32 Å². The Balaban J connectivity index is 1.54. The van der Waals surface area contributed by atoms with Crippen molar-refractivity contribution in [3.63, 3.8) is 0 Å². The van der Waals surface area contributed by atoms with Crippen LogP contribution in [0.5, 0.6) is 0 Å². The van der Waals surface area contributed by atoms with E-state index < -0.39 is 10.0 Å². The molecule has 2 N–H and O–H groups in total. The molecule has 132 valence electrons. The van der Waals surface area contributed by atoms with Gasteiger partial charge in [0.2, 0.25) is 0 Å². The molecule has 0 atom stereocenters. The smallest absolute Gasteiger partial charge is 0.261 e. The van der Waals surface area contributed by atoms with Crippen LogP contribution in [0, 0.1) is 0 Å². The summed E-state index contributed by atoms with van der Waals surface area (Å²) in [5.74, 6) is 0. The molecule has 0 spiro atoms. The minimum Gasteiger partial charge on any atom is -0.385 e. The molecule has 5 heteroatoms. The summed E-state index contributed by atoms with van der Waals surface area (Å²) in [4.78, 5) is 0.262. The molecule has 1 aliphatic rings. The molecule has 0 bridgehead atoms. The molecule has 0 fully saturated rings. The first-order valence-corrected chi connectivity index (χ1v) is 10.2. The molecular formula is C20H24N2O2S. The molecule has 2 aromatic rings. The van der Waals surface area contributed by atoms with Crippen molar-refractivity contribution in [2.75, 3.05) is 16.6 Å². The summed E-state index contributed by atoms with van der Waals surface area (Å²) >= 11 is 0. The van der Waals surface area contributed by atoms with Crippen molar-refractivity contribution in [1.82, 2.24) is 0 Å². The van der Waals surface area contributed by atoms with Crippen LogP contribution < -0.4 is 10.0 Å². The van der Waals surface area contributed by atoms with E-state index in [1.165, 1.54) is 25.7 Å². The Morgan fingerprint density at radius 1 is 0.880 bits per heavy atom. The highest BCUT2D eigenvalue weighted by atomic mass is 32.2. The van der Waals surface area contributed by atoms with Gasteiger partial charge in [-0.3, -0.25) is 4.72 Å². The number of nitrogens with one attached hydrogen (secondary N) is 2. The number of allylic oxidation sites excluding steroid dienone is 1. The Kier molecular flexibility index (Phi) is 5.76. The minimum absolute atomic E-state index is 0.262. The molecule has 0 unspecified atom stereocenters. The molecule has 1 aliphatic carbocycles. The summed E-state index contributed by atoms with van der Waals surface area (Å²) in [6.07, 6.45) is 8.50. The Hall–Kier alpha value is -2.27. The maximum atomic E-state index is 12.3. The van der Waals surface area contributed by atoms with E-state index in [4.69, 9.17) is 0 Å². The Labute approximate surface area is 150 Å². The molecule has 0 heterocycles. The van der Waals surface area contributed by atoms with Gasteiger partial charge in [-0.25, -0.2) is 8.42 Å². The molecule has 2 aromatic carbocycles. The lowest BCUT2D eigenvalue weighted by Crippen LogP contribution is -2.12. The average Bonchev–Trinajstić information content (AvgIpc) is 2.65. The summed E-state index contributed by atoms with van der Waals surface area (Å²) in [5, 5.41) is 3.40. The Morgan fingerprint density at radius 3 is 2.28 bits per heavy atom. The van der Waals surface area contributed by atoms with Crippen molar-refractivity contribution in [2.45, 2.75) is 37.0 Å². The third-order valence-electron chi connectivity index (χ3n) is 4.35. The van der Waals surface area contributed by atoms with E-state index in [1.54, 1.807) is 48.0 Å². The summed E-state index contributed by atoms with van der Waals surface area (Å²) in [6, 6.07) is 15.7. The monoisotopic (exact) mass is 356 g/mol. The fraction of sp³-hybridized carbons (Fsp3) is 0.300. The van der Waals surface area contributed by atoms with Crippen LogP contribution in [-0.4, -0.2) is 15.0 Å². The van der Waals surface area contributed by atoms with Gasteiger partial charge in [0.25, 0.3) is 10.0 Å². The second kappa shape index (κ2) is 8.21. The van der Waals surface area contributed by atoms with Gasteiger partial charge in [-0.05, 0) is 68.5 Å². The lowest BCUT2D eigenvalue weighted by molar-refractivity contribution is 0.601. The zero-order chi connectivity index (χ0) is 17.5. The molecule has 4 nitrogen and oxygen atoms in total. The minimum atomic E-state index is -3.54. The highest BCUT2D eigenvalue weighted by Gasteiger charge is 2.13. The van der Waals surface area contributed by atoms with Crippen LogP contribution in [0.15, 0.2) is 71.1 Å². The fourth-order valence-corrected chi connectivity index (χ4v) is 4.05. The van der Waals surface area contributed by atoms with Crippen LogP contribution in [-0.2, 0) is 10.0 Å². The predicted octanol–water partition coefficient (Wildman–Crippen LogP) is 4.79. The van der Waals surface area contributed by atoms with E-state index in [9.17, 15) is 8.42 Å². The molecule has 0 saturated carbocycles. The number of rotatable bonds is 7. The van der Waals surface area contributed by atoms with Crippen LogP contribution in [0.3, 0.4) is 0 Å². The largest absolute Gasteiger partial charge is 0.385 e. The zero-order valence-electron chi connectivity index (χ0n) is 14.2. The Morgan fingerprint density at radius 2 is 1.60 bits per heavy atom. The molecule has 0 aliphatic heterocycles. The maximum Gasteiger partial charge on any atom is 0.261 e. The topological polar surface area (TPSA) is 58.2 Å². The Bertz CT molecular complexity index is 813. The molecule has 0 radical (unpaired) electrons. The molecule has 0 aromatic heterocycles. The first-order valence-electron chi connectivity index (χ1n) is 8.73. The number of benzene rings is 2. The van der Waals surface area contributed by atoms with Gasteiger partial charge in [-0.2, -0.15) is 0 Å². The number of sulfonamides is 1. The van der Waals surface area contributed by atoms with Gasteiger partial charge in [-0.15, -0.1) is 0 Å². The molecule has 0 amide bonds. The van der Waals surface area contributed by atoms with Gasteiger partial charge in [0, 0.05) is 17.9 Å². The van der Waals surface area contributed by atoms with E-state index in [0.717, 1.165) is 18.7 Å². The third-order valence-corrected chi connectivity index (χ3v) is 5.75. The van der Waals surface area contributed by atoms with Crippen molar-refractivity contribution >= 4 is 21.4 Å². The van der Waals surface area contributed by atoms with Crippen LogP contribution in [0.1, 0.15) is 32.1 Å². The predicted molar refractivity (Wildman–Crippen MR) is 103 cm³/mol. The van der Waals surface area contributed by atoms with Gasteiger partial charge in [0.05, 0.1) is 4.90 Å². The summed E-state index contributed by atoms with van der Waals surface area (Å²) < 4.78 is 27.2. The van der Waals surface area contributed by atoms with Crippen molar-refractivity contribution in [2.24, 2.45) is 0 Å². The van der Waals surface area contributed by atoms with Gasteiger partial charge in [0.1, 0.15) is 0 Å². The summed E-state index contributed by atoms with van der Waals surface area (Å²) in [5.41, 5.74) is 3.11. The first kappa shape index (κ1) is 17.5. The van der Waals surface area contributed by atoms with Crippen molar-refractivity contribution in [1.29, 1.82) is 0 Å². The standard InChI is InChI=1S/C20H24N2O2S/c23-25(24,20-9-5-2-6-10-20)22-19-13-11-18(12-14-19)21-16-15-17-7-3-1-4-8-17/h2,5-7,9-14,21-22H,1,3-4,8,15-16H2. The molecule has 25 heavy (non-hydrogen) atoms. The summed E-state index contributed by atoms with van der Waals surface area (Å²) in [6.45, 7) is 0.904. The van der Waals surface area contributed by atoms with Gasteiger partial charge >= 0.3 is 0 Å². The highest BCUT2D eigenvalue weighted by Crippen LogP contribution is 2.21. The number of hydrogen-bond acceptors (Lipinski definition) is 3. The van der Waals surface area contributed by atoms with E-state index in [2.05, 4.69) is 16.1 Å². The SMILES string of the molecule is O=S(=O)(Nc1ccc(NCCC2=CCCCC2)cc1)c1ccccc1.